The number of para-hydroxylation sites is 3. The van der Waals surface area contributed by atoms with Gasteiger partial charge in [-0.1, -0.05) is 115 Å². The predicted molar refractivity (Wildman–Crippen MR) is 225 cm³/mol. The highest BCUT2D eigenvalue weighted by Crippen LogP contribution is 2.49. The lowest BCUT2D eigenvalue weighted by atomic mass is 9.93. The van der Waals surface area contributed by atoms with Crippen molar-refractivity contribution in [3.05, 3.63) is 182 Å². The monoisotopic (exact) mass is 710 g/mol. The number of anilines is 3. The summed E-state index contributed by atoms with van der Waals surface area (Å²) in [4.78, 5) is 7.25. The summed E-state index contributed by atoms with van der Waals surface area (Å²) in [6, 6.07) is 64.0. The molecule has 0 saturated carbocycles. The van der Waals surface area contributed by atoms with E-state index in [1.807, 2.05) is 47.7 Å². The summed E-state index contributed by atoms with van der Waals surface area (Å²) >= 11 is 1.83. The van der Waals surface area contributed by atoms with Crippen molar-refractivity contribution >= 4 is 81.6 Å². The second-order valence-corrected chi connectivity index (χ2v) is 14.5. The van der Waals surface area contributed by atoms with Crippen molar-refractivity contribution < 1.29 is 8.83 Å². The van der Waals surface area contributed by atoms with Crippen LogP contribution in [0.15, 0.2) is 191 Å². The highest BCUT2D eigenvalue weighted by atomic mass is 32.1. The third-order valence-corrected chi connectivity index (χ3v) is 11.5. The first kappa shape index (κ1) is 30.7. The molecule has 0 radical (unpaired) electrons. The van der Waals surface area contributed by atoms with E-state index in [4.69, 9.17) is 13.8 Å². The van der Waals surface area contributed by atoms with Crippen molar-refractivity contribution in [2.45, 2.75) is 0 Å². The molecule has 0 N–H and O–H groups in total. The van der Waals surface area contributed by atoms with Crippen LogP contribution >= 0.6 is 11.3 Å². The first-order chi connectivity index (χ1) is 26.8. The molecule has 5 heteroatoms. The topological polar surface area (TPSA) is 42.4 Å². The van der Waals surface area contributed by atoms with Crippen molar-refractivity contribution in [3.63, 3.8) is 0 Å². The van der Waals surface area contributed by atoms with E-state index in [0.29, 0.717) is 5.89 Å². The van der Waals surface area contributed by atoms with Gasteiger partial charge in [0.15, 0.2) is 5.58 Å². The largest absolute Gasteiger partial charge is 0.456 e. The Balaban J connectivity index is 1.17. The Hall–Kier alpha value is -6.95. The van der Waals surface area contributed by atoms with E-state index in [1.165, 1.54) is 36.9 Å². The Labute approximate surface area is 314 Å². The molecule has 0 aliphatic heterocycles. The lowest BCUT2D eigenvalue weighted by molar-refractivity contribution is 0.620. The summed E-state index contributed by atoms with van der Waals surface area (Å²) in [5.74, 6) is 0.581. The highest BCUT2D eigenvalue weighted by molar-refractivity contribution is 7.26. The number of nitrogens with zero attached hydrogens (tertiary/aromatic N) is 2. The molecule has 8 aromatic carbocycles. The maximum Gasteiger partial charge on any atom is 0.228 e. The molecule has 0 spiro atoms. The molecule has 3 aromatic heterocycles. The van der Waals surface area contributed by atoms with Crippen LogP contribution in [0.5, 0.6) is 0 Å². The number of hydrogen-bond acceptors (Lipinski definition) is 5. The van der Waals surface area contributed by atoms with Crippen LogP contribution in [-0.4, -0.2) is 4.98 Å². The quantitative estimate of drug-likeness (QED) is 0.172. The Morgan fingerprint density at radius 3 is 2.02 bits per heavy atom. The molecule has 3 heterocycles. The van der Waals surface area contributed by atoms with E-state index in [0.717, 1.165) is 61.2 Å². The fourth-order valence-corrected chi connectivity index (χ4v) is 9.08. The van der Waals surface area contributed by atoms with Crippen molar-refractivity contribution in [2.24, 2.45) is 0 Å². The third-order valence-electron chi connectivity index (χ3n) is 10.3. The third kappa shape index (κ3) is 4.86. The molecular formula is C49H30N2O2S. The molecule has 0 bridgehead atoms. The molecule has 0 fully saturated rings. The van der Waals surface area contributed by atoms with E-state index in [1.54, 1.807) is 0 Å². The van der Waals surface area contributed by atoms with E-state index >= 15 is 0 Å². The van der Waals surface area contributed by atoms with E-state index in [-0.39, 0.29) is 0 Å². The summed E-state index contributed by atoms with van der Waals surface area (Å²) in [7, 11) is 0. The minimum Gasteiger partial charge on any atom is -0.456 e. The van der Waals surface area contributed by atoms with Gasteiger partial charge >= 0.3 is 0 Å². The number of fused-ring (bicyclic) bond motifs is 7. The molecule has 0 unspecified atom stereocenters. The number of benzene rings is 8. The summed E-state index contributed by atoms with van der Waals surface area (Å²) in [6.45, 7) is 0. The second-order valence-electron chi connectivity index (χ2n) is 13.5. The molecule has 11 aromatic rings. The number of rotatable bonds is 6. The van der Waals surface area contributed by atoms with Gasteiger partial charge in [-0.25, -0.2) is 4.98 Å². The number of hydrogen-bond donors (Lipinski definition) is 0. The number of aromatic nitrogens is 1. The van der Waals surface area contributed by atoms with Crippen LogP contribution in [0, 0.1) is 0 Å². The van der Waals surface area contributed by atoms with Crippen LogP contribution in [0.1, 0.15) is 0 Å². The van der Waals surface area contributed by atoms with E-state index < -0.39 is 0 Å². The van der Waals surface area contributed by atoms with Crippen LogP contribution < -0.4 is 4.90 Å². The zero-order valence-electron chi connectivity index (χ0n) is 28.9. The van der Waals surface area contributed by atoms with Gasteiger partial charge in [-0.05, 0) is 77.4 Å². The average Bonchev–Trinajstić information content (AvgIpc) is 3.95. The molecule has 4 nitrogen and oxygen atoms in total. The van der Waals surface area contributed by atoms with Crippen LogP contribution in [0.2, 0.25) is 0 Å². The minimum atomic E-state index is 0.581. The van der Waals surface area contributed by atoms with Crippen LogP contribution in [-0.2, 0) is 0 Å². The maximum absolute atomic E-state index is 6.69. The summed E-state index contributed by atoms with van der Waals surface area (Å²) in [5, 5.41) is 4.47. The van der Waals surface area contributed by atoms with E-state index in [9.17, 15) is 0 Å². The molecule has 11 rings (SSSR count). The molecule has 0 aliphatic carbocycles. The first-order valence-corrected chi connectivity index (χ1v) is 18.9. The van der Waals surface area contributed by atoms with Crippen molar-refractivity contribution in [3.8, 4) is 33.7 Å². The van der Waals surface area contributed by atoms with Crippen LogP contribution in [0.25, 0.3) is 86.9 Å². The summed E-state index contributed by atoms with van der Waals surface area (Å²) < 4.78 is 15.5. The molecule has 0 atom stereocenters. The maximum atomic E-state index is 6.69. The lowest BCUT2D eigenvalue weighted by Crippen LogP contribution is -2.11. The average molecular weight is 711 g/mol. The van der Waals surface area contributed by atoms with Crippen molar-refractivity contribution in [1.82, 2.24) is 4.98 Å². The van der Waals surface area contributed by atoms with Crippen LogP contribution in [0.3, 0.4) is 0 Å². The smallest absolute Gasteiger partial charge is 0.228 e. The Bertz CT molecular complexity index is 3160. The van der Waals surface area contributed by atoms with Gasteiger partial charge in [0.25, 0.3) is 0 Å². The van der Waals surface area contributed by atoms with E-state index in [2.05, 4.69) is 150 Å². The molecule has 0 aliphatic rings. The SMILES string of the molecule is c1ccc(-c2ccccc2-c2ccccc2N(c2ccc3c(c2)oc2cccc(-c4nc5ccccc5o4)c23)c2cccc3sc4ccccc4c23)cc1. The molecular weight excluding hydrogens is 681 g/mol. The predicted octanol–water partition coefficient (Wildman–Crippen LogP) is 14.6. The molecule has 54 heavy (non-hydrogen) atoms. The zero-order valence-corrected chi connectivity index (χ0v) is 29.8. The van der Waals surface area contributed by atoms with Gasteiger partial charge in [-0.15, -0.1) is 11.3 Å². The van der Waals surface area contributed by atoms with Gasteiger partial charge in [0.2, 0.25) is 5.89 Å². The Morgan fingerprint density at radius 1 is 0.426 bits per heavy atom. The number of furan rings is 1. The van der Waals surface area contributed by atoms with Gasteiger partial charge in [-0.3, -0.25) is 0 Å². The lowest BCUT2D eigenvalue weighted by Gasteiger charge is -2.29. The van der Waals surface area contributed by atoms with Crippen molar-refractivity contribution in [1.29, 1.82) is 0 Å². The Morgan fingerprint density at radius 2 is 1.11 bits per heavy atom. The van der Waals surface area contributed by atoms with Crippen LogP contribution in [0.4, 0.5) is 17.1 Å². The molecule has 254 valence electrons. The summed E-state index contributed by atoms with van der Waals surface area (Å²) in [5.41, 5.74) is 11.9. The number of thiophene rings is 1. The van der Waals surface area contributed by atoms with Gasteiger partial charge < -0.3 is 13.7 Å². The number of oxazole rings is 1. The molecule has 0 saturated heterocycles. The van der Waals surface area contributed by atoms with Gasteiger partial charge in [0.1, 0.15) is 16.7 Å². The zero-order chi connectivity index (χ0) is 35.6. The fraction of sp³-hybridized carbons (Fsp3) is 0. The second kappa shape index (κ2) is 12.3. The molecule has 0 amide bonds. The summed E-state index contributed by atoms with van der Waals surface area (Å²) in [6.07, 6.45) is 0. The van der Waals surface area contributed by atoms with Gasteiger partial charge in [0.05, 0.1) is 11.4 Å². The normalized spacial score (nSPS) is 11.7. The highest BCUT2D eigenvalue weighted by Gasteiger charge is 2.24. The fourth-order valence-electron chi connectivity index (χ4n) is 7.95. The first-order valence-electron chi connectivity index (χ1n) is 18.0. The standard InChI is InChI=1S/C49H30N2O2S/c1-2-14-31(15-3-1)33-16-4-5-17-34(33)35-18-6-9-22-40(35)51(41-23-13-27-46-48(41)37-19-7-11-26-45(37)54-46)32-28-29-36-44(30-32)52-43-25-12-20-38(47(36)43)49-50-39-21-8-10-24-42(39)53-49/h1-30H. The Kier molecular flexibility index (Phi) is 7.00. The minimum absolute atomic E-state index is 0.581. The van der Waals surface area contributed by atoms with Crippen molar-refractivity contribution in [2.75, 3.05) is 4.90 Å². The van der Waals surface area contributed by atoms with Gasteiger partial charge in [-0.2, -0.15) is 0 Å². The van der Waals surface area contributed by atoms with Gasteiger partial charge in [0, 0.05) is 53.8 Å².